The van der Waals surface area contributed by atoms with E-state index in [1.54, 1.807) is 0 Å². The standard InChI is InChI=1S/C14H22N4O/c1-15-14-10-12(2-4-16-14)18-5-3-13(11-18)17-6-8-19-9-7-17/h2,4,10,13H,3,5-9,11H2,1H3,(H,15,16). The molecule has 0 radical (unpaired) electrons. The van der Waals surface area contributed by atoms with Crippen molar-refractivity contribution in [3.8, 4) is 0 Å². The van der Waals surface area contributed by atoms with Crippen LogP contribution in [-0.2, 0) is 4.74 Å². The Morgan fingerprint density at radius 1 is 1.32 bits per heavy atom. The van der Waals surface area contributed by atoms with Gasteiger partial charge in [0.05, 0.1) is 13.2 Å². The van der Waals surface area contributed by atoms with Gasteiger partial charge in [-0.2, -0.15) is 0 Å². The summed E-state index contributed by atoms with van der Waals surface area (Å²) in [6.45, 7) is 6.18. The van der Waals surface area contributed by atoms with Gasteiger partial charge in [0.2, 0.25) is 0 Å². The van der Waals surface area contributed by atoms with E-state index >= 15 is 0 Å². The number of pyridine rings is 1. The quantitative estimate of drug-likeness (QED) is 0.881. The fourth-order valence-corrected chi connectivity index (χ4v) is 2.97. The number of aromatic nitrogens is 1. The Morgan fingerprint density at radius 2 is 2.16 bits per heavy atom. The van der Waals surface area contributed by atoms with E-state index in [0.29, 0.717) is 6.04 Å². The first kappa shape index (κ1) is 12.7. The zero-order valence-corrected chi connectivity index (χ0v) is 11.5. The first-order valence-corrected chi connectivity index (χ1v) is 7.07. The number of rotatable bonds is 3. The minimum atomic E-state index is 0.676. The van der Waals surface area contributed by atoms with E-state index in [0.717, 1.165) is 45.2 Å². The number of morpholine rings is 1. The molecule has 2 fully saturated rings. The number of anilines is 2. The zero-order valence-electron chi connectivity index (χ0n) is 11.5. The second-order valence-electron chi connectivity index (χ2n) is 5.19. The van der Waals surface area contributed by atoms with Crippen molar-refractivity contribution in [3.63, 3.8) is 0 Å². The largest absolute Gasteiger partial charge is 0.379 e. The van der Waals surface area contributed by atoms with Gasteiger partial charge in [-0.1, -0.05) is 0 Å². The van der Waals surface area contributed by atoms with Gasteiger partial charge in [-0.15, -0.1) is 0 Å². The Morgan fingerprint density at radius 3 is 2.95 bits per heavy atom. The SMILES string of the molecule is CNc1cc(N2CCC(N3CCOCC3)C2)ccn1. The van der Waals surface area contributed by atoms with Crippen LogP contribution in [0.3, 0.4) is 0 Å². The topological polar surface area (TPSA) is 40.6 Å². The molecule has 0 aromatic carbocycles. The molecule has 0 saturated carbocycles. The minimum Gasteiger partial charge on any atom is -0.379 e. The van der Waals surface area contributed by atoms with Crippen LogP contribution in [0.1, 0.15) is 6.42 Å². The fourth-order valence-electron chi connectivity index (χ4n) is 2.97. The van der Waals surface area contributed by atoms with Gasteiger partial charge in [0.1, 0.15) is 5.82 Å². The van der Waals surface area contributed by atoms with Crippen molar-refractivity contribution in [1.82, 2.24) is 9.88 Å². The smallest absolute Gasteiger partial charge is 0.127 e. The summed E-state index contributed by atoms with van der Waals surface area (Å²) >= 11 is 0. The highest BCUT2D eigenvalue weighted by molar-refractivity contribution is 5.54. The van der Waals surface area contributed by atoms with Crippen LogP contribution >= 0.6 is 0 Å². The van der Waals surface area contributed by atoms with Crippen molar-refractivity contribution in [2.75, 3.05) is 56.7 Å². The molecule has 2 saturated heterocycles. The first-order valence-electron chi connectivity index (χ1n) is 7.07. The molecule has 3 rings (SSSR count). The number of hydrogen-bond acceptors (Lipinski definition) is 5. The Labute approximate surface area is 114 Å². The van der Waals surface area contributed by atoms with E-state index in [-0.39, 0.29) is 0 Å². The van der Waals surface area contributed by atoms with Gasteiger partial charge in [0.15, 0.2) is 0 Å². The maximum absolute atomic E-state index is 5.43. The van der Waals surface area contributed by atoms with Crippen LogP contribution in [0.2, 0.25) is 0 Å². The molecule has 1 N–H and O–H groups in total. The van der Waals surface area contributed by atoms with E-state index in [1.165, 1.54) is 12.1 Å². The lowest BCUT2D eigenvalue weighted by Gasteiger charge is -2.32. The van der Waals surface area contributed by atoms with E-state index < -0.39 is 0 Å². The Bertz CT molecular complexity index is 420. The number of ether oxygens (including phenoxy) is 1. The first-order chi connectivity index (χ1) is 9.36. The van der Waals surface area contributed by atoms with Crippen molar-refractivity contribution in [2.45, 2.75) is 12.5 Å². The number of nitrogens with zero attached hydrogens (tertiary/aromatic N) is 3. The lowest BCUT2D eigenvalue weighted by Crippen LogP contribution is -2.44. The molecule has 1 unspecified atom stereocenters. The minimum absolute atomic E-state index is 0.676. The molecule has 5 nitrogen and oxygen atoms in total. The molecule has 1 aromatic rings. The predicted molar refractivity (Wildman–Crippen MR) is 76.8 cm³/mol. The number of nitrogens with one attached hydrogen (secondary N) is 1. The van der Waals surface area contributed by atoms with Crippen molar-refractivity contribution >= 4 is 11.5 Å². The summed E-state index contributed by atoms with van der Waals surface area (Å²) in [4.78, 5) is 9.31. The van der Waals surface area contributed by atoms with Crippen LogP contribution in [0.5, 0.6) is 0 Å². The lowest BCUT2D eigenvalue weighted by atomic mass is 10.2. The van der Waals surface area contributed by atoms with E-state index in [4.69, 9.17) is 4.74 Å². The third-order valence-electron chi connectivity index (χ3n) is 4.09. The highest BCUT2D eigenvalue weighted by Crippen LogP contribution is 2.24. The monoisotopic (exact) mass is 262 g/mol. The Kier molecular flexibility index (Phi) is 3.84. The highest BCUT2D eigenvalue weighted by atomic mass is 16.5. The van der Waals surface area contributed by atoms with E-state index in [2.05, 4.69) is 32.2 Å². The number of hydrogen-bond donors (Lipinski definition) is 1. The van der Waals surface area contributed by atoms with Crippen molar-refractivity contribution in [1.29, 1.82) is 0 Å². The van der Waals surface area contributed by atoms with Gasteiger partial charge in [-0.3, -0.25) is 4.90 Å². The normalized spacial score (nSPS) is 24.7. The summed E-state index contributed by atoms with van der Waals surface area (Å²) in [6, 6.07) is 4.90. The molecule has 2 aliphatic rings. The van der Waals surface area contributed by atoms with E-state index in [1.807, 2.05) is 13.2 Å². The van der Waals surface area contributed by atoms with Crippen LogP contribution in [0.25, 0.3) is 0 Å². The molecule has 0 spiro atoms. The molecule has 1 aromatic heterocycles. The Balaban J connectivity index is 1.64. The molecular formula is C14H22N4O. The maximum Gasteiger partial charge on any atom is 0.127 e. The van der Waals surface area contributed by atoms with Crippen molar-refractivity contribution < 1.29 is 4.74 Å². The second-order valence-corrected chi connectivity index (χ2v) is 5.19. The van der Waals surface area contributed by atoms with Gasteiger partial charge >= 0.3 is 0 Å². The van der Waals surface area contributed by atoms with Crippen LogP contribution in [0, 0.1) is 0 Å². The fraction of sp³-hybridized carbons (Fsp3) is 0.643. The molecule has 0 aliphatic carbocycles. The summed E-state index contributed by atoms with van der Waals surface area (Å²) in [5, 5.41) is 3.10. The highest BCUT2D eigenvalue weighted by Gasteiger charge is 2.28. The van der Waals surface area contributed by atoms with Gasteiger partial charge in [-0.25, -0.2) is 4.98 Å². The van der Waals surface area contributed by atoms with Crippen LogP contribution in [0.15, 0.2) is 18.3 Å². The molecule has 104 valence electrons. The molecule has 5 heteroatoms. The average molecular weight is 262 g/mol. The molecule has 2 aliphatic heterocycles. The second kappa shape index (κ2) is 5.75. The van der Waals surface area contributed by atoms with E-state index in [9.17, 15) is 0 Å². The molecule has 0 amide bonds. The van der Waals surface area contributed by atoms with Crippen LogP contribution in [-0.4, -0.2) is 62.4 Å². The molecule has 0 bridgehead atoms. The van der Waals surface area contributed by atoms with Gasteiger partial charge in [0, 0.05) is 57.2 Å². The van der Waals surface area contributed by atoms with Crippen molar-refractivity contribution in [3.05, 3.63) is 18.3 Å². The predicted octanol–water partition coefficient (Wildman–Crippen LogP) is 1.03. The summed E-state index contributed by atoms with van der Waals surface area (Å²) in [5.41, 5.74) is 1.27. The Hall–Kier alpha value is -1.33. The summed E-state index contributed by atoms with van der Waals surface area (Å²) in [6.07, 6.45) is 3.13. The zero-order chi connectivity index (χ0) is 13.1. The summed E-state index contributed by atoms with van der Waals surface area (Å²) in [5.74, 6) is 0.937. The summed E-state index contributed by atoms with van der Waals surface area (Å²) < 4.78 is 5.43. The lowest BCUT2D eigenvalue weighted by molar-refractivity contribution is 0.0209. The maximum atomic E-state index is 5.43. The third kappa shape index (κ3) is 2.82. The van der Waals surface area contributed by atoms with Gasteiger partial charge in [-0.05, 0) is 12.5 Å². The molecule has 19 heavy (non-hydrogen) atoms. The van der Waals surface area contributed by atoms with Crippen LogP contribution < -0.4 is 10.2 Å². The molecule has 3 heterocycles. The molecular weight excluding hydrogens is 240 g/mol. The summed E-state index contributed by atoms with van der Waals surface area (Å²) in [7, 11) is 1.91. The van der Waals surface area contributed by atoms with Crippen LogP contribution in [0.4, 0.5) is 11.5 Å². The third-order valence-corrected chi connectivity index (χ3v) is 4.09. The van der Waals surface area contributed by atoms with Crippen molar-refractivity contribution in [2.24, 2.45) is 0 Å². The molecule has 1 atom stereocenters. The van der Waals surface area contributed by atoms with Gasteiger partial charge < -0.3 is 15.0 Å². The van der Waals surface area contributed by atoms with Gasteiger partial charge in [0.25, 0.3) is 0 Å². The average Bonchev–Trinajstić information content (AvgIpc) is 2.98.